The van der Waals surface area contributed by atoms with E-state index in [-0.39, 0.29) is 5.56 Å². The monoisotopic (exact) mass is 303 g/mol. The molecule has 1 heterocycles. The van der Waals surface area contributed by atoms with E-state index in [0.29, 0.717) is 17.8 Å². The average Bonchev–Trinajstić information content (AvgIpc) is 2.36. The number of nitriles is 1. The molecule has 0 aliphatic rings. The summed E-state index contributed by atoms with van der Waals surface area (Å²) in [5, 5.41) is 12.9. The van der Waals surface area contributed by atoms with Crippen molar-refractivity contribution in [2.45, 2.75) is 13.5 Å². The second-order valence-corrected chi connectivity index (χ2v) is 4.79. The van der Waals surface area contributed by atoms with Gasteiger partial charge in [-0.3, -0.25) is 4.79 Å². The molecule has 1 aromatic carbocycles. The van der Waals surface area contributed by atoms with E-state index in [4.69, 9.17) is 5.26 Å². The van der Waals surface area contributed by atoms with E-state index in [1.807, 2.05) is 30.3 Å². The van der Waals surface area contributed by atoms with Crippen molar-refractivity contribution in [1.82, 2.24) is 9.78 Å². The highest BCUT2D eigenvalue weighted by Crippen LogP contribution is 2.11. The van der Waals surface area contributed by atoms with Crippen LogP contribution < -0.4 is 5.56 Å². The van der Waals surface area contributed by atoms with E-state index in [0.717, 1.165) is 10.0 Å². The number of benzene rings is 1. The van der Waals surface area contributed by atoms with Crippen LogP contribution in [0.15, 0.2) is 39.6 Å². The smallest absolute Gasteiger partial charge is 0.268 e. The number of nitrogens with zero attached hydrogens (tertiary/aromatic N) is 3. The number of aryl methyl sites for hydroxylation is 1. The maximum absolute atomic E-state index is 11.8. The van der Waals surface area contributed by atoms with Gasteiger partial charge in [0.1, 0.15) is 6.07 Å². The molecule has 0 aliphatic carbocycles. The second-order valence-electron chi connectivity index (χ2n) is 3.88. The molecule has 0 amide bonds. The number of hydrogen-bond donors (Lipinski definition) is 0. The van der Waals surface area contributed by atoms with Crippen LogP contribution in [0.1, 0.15) is 16.8 Å². The molecule has 0 fully saturated rings. The quantitative estimate of drug-likeness (QED) is 0.855. The predicted octanol–water partition coefficient (Wildman–Crippen LogP) is 2.23. The summed E-state index contributed by atoms with van der Waals surface area (Å²) in [6.45, 7) is 2.12. The molecule has 2 aromatic rings. The van der Waals surface area contributed by atoms with Gasteiger partial charge in [-0.2, -0.15) is 10.4 Å². The van der Waals surface area contributed by atoms with Gasteiger partial charge >= 0.3 is 0 Å². The molecule has 18 heavy (non-hydrogen) atoms. The molecule has 1 aromatic heterocycles. The van der Waals surface area contributed by atoms with Crippen LogP contribution in [0.3, 0.4) is 0 Å². The topological polar surface area (TPSA) is 58.7 Å². The fraction of sp³-hybridized carbons (Fsp3) is 0.154. The lowest BCUT2D eigenvalue weighted by atomic mass is 10.2. The molecular weight excluding hydrogens is 294 g/mol. The minimum absolute atomic E-state index is 0.264. The zero-order chi connectivity index (χ0) is 13.1. The molecule has 5 heteroatoms. The van der Waals surface area contributed by atoms with Gasteiger partial charge in [0.2, 0.25) is 0 Å². The fourth-order valence-corrected chi connectivity index (χ4v) is 1.84. The average molecular weight is 304 g/mol. The van der Waals surface area contributed by atoms with Crippen molar-refractivity contribution in [2.75, 3.05) is 0 Å². The minimum atomic E-state index is -0.264. The van der Waals surface area contributed by atoms with Crippen LogP contribution in [-0.2, 0) is 6.54 Å². The Hall–Kier alpha value is -1.93. The molecule has 0 bridgehead atoms. The van der Waals surface area contributed by atoms with Crippen LogP contribution in [0.25, 0.3) is 0 Å². The molecule has 0 spiro atoms. The maximum atomic E-state index is 11.8. The van der Waals surface area contributed by atoms with Crippen LogP contribution >= 0.6 is 15.9 Å². The van der Waals surface area contributed by atoms with Gasteiger partial charge in [-0.05, 0) is 24.6 Å². The van der Waals surface area contributed by atoms with Gasteiger partial charge in [-0.1, -0.05) is 28.1 Å². The van der Waals surface area contributed by atoms with E-state index in [1.165, 1.54) is 10.7 Å². The van der Waals surface area contributed by atoms with E-state index in [9.17, 15) is 4.79 Å². The third-order valence-corrected chi connectivity index (χ3v) is 3.08. The molecule has 0 atom stereocenters. The Labute approximate surface area is 113 Å². The first-order valence-corrected chi connectivity index (χ1v) is 6.13. The Morgan fingerprint density at radius 2 is 2.06 bits per heavy atom. The Kier molecular flexibility index (Phi) is 3.58. The number of rotatable bonds is 2. The zero-order valence-corrected chi connectivity index (χ0v) is 11.3. The van der Waals surface area contributed by atoms with Crippen molar-refractivity contribution >= 4 is 15.9 Å². The molecule has 2 rings (SSSR count). The van der Waals surface area contributed by atoms with Crippen molar-refractivity contribution in [1.29, 1.82) is 5.26 Å². The highest BCUT2D eigenvalue weighted by molar-refractivity contribution is 9.10. The largest absolute Gasteiger partial charge is 0.268 e. The van der Waals surface area contributed by atoms with Crippen LogP contribution in [0.4, 0.5) is 0 Å². The van der Waals surface area contributed by atoms with Crippen LogP contribution in [0.2, 0.25) is 0 Å². The molecular formula is C13H10BrN3O. The van der Waals surface area contributed by atoms with Gasteiger partial charge in [-0.15, -0.1) is 0 Å². The normalized spacial score (nSPS) is 10.1. The number of halogens is 1. The zero-order valence-electron chi connectivity index (χ0n) is 9.72. The first-order chi connectivity index (χ1) is 8.60. The first kappa shape index (κ1) is 12.5. The summed E-state index contributed by atoms with van der Waals surface area (Å²) in [6.07, 6.45) is 0. The van der Waals surface area contributed by atoms with E-state index in [1.54, 1.807) is 6.92 Å². The van der Waals surface area contributed by atoms with Gasteiger partial charge < -0.3 is 0 Å². The summed E-state index contributed by atoms with van der Waals surface area (Å²) in [6, 6.07) is 10.9. The van der Waals surface area contributed by atoms with Gasteiger partial charge in [0.15, 0.2) is 0 Å². The van der Waals surface area contributed by atoms with Crippen molar-refractivity contribution in [3.8, 4) is 6.07 Å². The van der Waals surface area contributed by atoms with Crippen molar-refractivity contribution in [3.63, 3.8) is 0 Å². The lowest BCUT2D eigenvalue weighted by Crippen LogP contribution is -2.24. The highest BCUT2D eigenvalue weighted by atomic mass is 79.9. The third-order valence-electron chi connectivity index (χ3n) is 2.55. The SMILES string of the molecule is Cc1nn(Cc2ccc(Br)cc2)c(=O)cc1C#N. The van der Waals surface area contributed by atoms with Gasteiger partial charge in [0, 0.05) is 10.5 Å². The molecule has 4 nitrogen and oxygen atoms in total. The molecule has 0 saturated heterocycles. The Morgan fingerprint density at radius 1 is 1.39 bits per heavy atom. The van der Waals surface area contributed by atoms with Crippen LogP contribution in [0.5, 0.6) is 0 Å². The third kappa shape index (κ3) is 2.66. The molecule has 0 saturated carbocycles. The van der Waals surface area contributed by atoms with Crippen molar-refractivity contribution in [3.05, 3.63) is 62.0 Å². The summed E-state index contributed by atoms with van der Waals surface area (Å²) in [4.78, 5) is 11.8. The Morgan fingerprint density at radius 3 is 2.67 bits per heavy atom. The number of hydrogen-bond acceptors (Lipinski definition) is 3. The summed E-state index contributed by atoms with van der Waals surface area (Å²) in [5.74, 6) is 0. The first-order valence-electron chi connectivity index (χ1n) is 5.33. The molecule has 90 valence electrons. The summed E-state index contributed by atoms with van der Waals surface area (Å²) in [5.41, 5.74) is 1.61. The lowest BCUT2D eigenvalue weighted by Gasteiger charge is -2.06. The Bertz CT molecular complexity index is 668. The standard InChI is InChI=1S/C13H10BrN3O/c1-9-11(7-15)6-13(18)17(16-9)8-10-2-4-12(14)5-3-10/h2-6H,8H2,1H3. The molecule has 0 unspecified atom stereocenters. The summed E-state index contributed by atoms with van der Waals surface area (Å²) in [7, 11) is 0. The molecule has 0 aliphatic heterocycles. The predicted molar refractivity (Wildman–Crippen MR) is 71.2 cm³/mol. The van der Waals surface area contributed by atoms with Crippen molar-refractivity contribution in [2.24, 2.45) is 0 Å². The number of aromatic nitrogens is 2. The van der Waals surface area contributed by atoms with E-state index < -0.39 is 0 Å². The fourth-order valence-electron chi connectivity index (χ4n) is 1.58. The van der Waals surface area contributed by atoms with Gasteiger partial charge in [0.05, 0.1) is 17.8 Å². The molecule has 0 radical (unpaired) electrons. The minimum Gasteiger partial charge on any atom is -0.268 e. The van der Waals surface area contributed by atoms with Gasteiger partial charge in [-0.25, -0.2) is 4.68 Å². The van der Waals surface area contributed by atoms with Crippen LogP contribution in [0, 0.1) is 18.3 Å². The van der Waals surface area contributed by atoms with E-state index >= 15 is 0 Å². The lowest BCUT2D eigenvalue weighted by molar-refractivity contribution is 0.627. The van der Waals surface area contributed by atoms with Crippen molar-refractivity contribution < 1.29 is 0 Å². The van der Waals surface area contributed by atoms with E-state index in [2.05, 4.69) is 21.0 Å². The van der Waals surface area contributed by atoms with Gasteiger partial charge in [0.25, 0.3) is 5.56 Å². The Balaban J connectivity index is 2.36. The summed E-state index contributed by atoms with van der Waals surface area (Å²) < 4.78 is 2.35. The highest BCUT2D eigenvalue weighted by Gasteiger charge is 2.05. The summed E-state index contributed by atoms with van der Waals surface area (Å²) >= 11 is 3.36. The van der Waals surface area contributed by atoms with Crippen LogP contribution in [-0.4, -0.2) is 9.78 Å². The maximum Gasteiger partial charge on any atom is 0.268 e. The second kappa shape index (κ2) is 5.15. The molecule has 0 N–H and O–H groups in total.